The number of hydrogen-bond acceptors (Lipinski definition) is 5. The van der Waals surface area contributed by atoms with Crippen molar-refractivity contribution >= 4 is 11.7 Å². The summed E-state index contributed by atoms with van der Waals surface area (Å²) in [6.07, 6.45) is 0.357. The maximum absolute atomic E-state index is 13.8. The van der Waals surface area contributed by atoms with Gasteiger partial charge in [0, 0.05) is 12.1 Å². The molecule has 3 N–H and O–H groups in total. The Morgan fingerprint density at radius 2 is 1.68 bits per heavy atom. The first-order valence-electron chi connectivity index (χ1n) is 13.8. The molecule has 1 aliphatic rings. The molecule has 0 fully saturated rings. The van der Waals surface area contributed by atoms with Crippen molar-refractivity contribution in [1.82, 2.24) is 25.9 Å². The maximum Gasteiger partial charge on any atom is 0.322 e. The topological polar surface area (TPSA) is 107 Å². The minimum Gasteiger partial charge on any atom is -0.388 e. The molecule has 1 heterocycles. The van der Waals surface area contributed by atoms with Crippen LogP contribution in [0.15, 0.2) is 91.0 Å². The van der Waals surface area contributed by atoms with Crippen LogP contribution in [0.1, 0.15) is 58.3 Å². The highest BCUT2D eigenvalue weighted by molar-refractivity contribution is 5.93. The standard InChI is InChI=1S/C33H32N6O2/c1-21-7-11-24(12-8-21)22(2)34-33(41)39(28-15-16-30-27(18-28)17-26-5-3-4-6-29(26)30)20-23-9-13-25(14-10-23)31(40)19-32-35-37-38-36-32/h3-16,18,22,31,40H,17,19-20H2,1-2H3,(H,34,41)(H,35,36,37,38). The van der Waals surface area contributed by atoms with Gasteiger partial charge in [0.25, 0.3) is 0 Å². The van der Waals surface area contributed by atoms with E-state index < -0.39 is 6.10 Å². The summed E-state index contributed by atoms with van der Waals surface area (Å²) in [4.78, 5) is 15.6. The SMILES string of the molecule is Cc1ccc(C(C)NC(=O)N(Cc2ccc(C(O)Cc3nn[nH]n3)cc2)c2ccc3c(c2)Cc2ccccc2-3)cc1. The molecule has 4 aromatic carbocycles. The van der Waals surface area contributed by atoms with E-state index in [9.17, 15) is 9.90 Å². The largest absolute Gasteiger partial charge is 0.388 e. The lowest BCUT2D eigenvalue weighted by Gasteiger charge is -2.26. The highest BCUT2D eigenvalue weighted by Gasteiger charge is 2.23. The number of rotatable bonds is 8. The number of aromatic nitrogens is 4. The van der Waals surface area contributed by atoms with Gasteiger partial charge in [-0.25, -0.2) is 4.79 Å². The van der Waals surface area contributed by atoms with Gasteiger partial charge in [0.15, 0.2) is 5.82 Å². The minimum atomic E-state index is -0.755. The molecule has 5 aromatic rings. The predicted octanol–water partition coefficient (Wildman–Crippen LogP) is 5.83. The Hall–Kier alpha value is -4.82. The summed E-state index contributed by atoms with van der Waals surface area (Å²) in [5, 5.41) is 27.6. The number of tetrazole rings is 1. The summed E-state index contributed by atoms with van der Waals surface area (Å²) in [5.74, 6) is 0.450. The van der Waals surface area contributed by atoms with Crippen molar-refractivity contribution in [2.75, 3.05) is 4.90 Å². The number of carbonyl (C=O) groups is 1. The van der Waals surface area contributed by atoms with Gasteiger partial charge in [-0.1, -0.05) is 89.6 Å². The number of nitrogens with one attached hydrogen (secondary N) is 2. The minimum absolute atomic E-state index is 0.160. The quantitative estimate of drug-likeness (QED) is 0.223. The molecule has 8 heteroatoms. The molecule has 0 saturated heterocycles. The van der Waals surface area contributed by atoms with Gasteiger partial charge in [0.2, 0.25) is 0 Å². The number of aromatic amines is 1. The molecule has 206 valence electrons. The Morgan fingerprint density at radius 3 is 2.44 bits per heavy atom. The van der Waals surface area contributed by atoms with Crippen LogP contribution >= 0.6 is 0 Å². The Labute approximate surface area is 239 Å². The first-order chi connectivity index (χ1) is 19.9. The lowest BCUT2D eigenvalue weighted by molar-refractivity contribution is 0.176. The molecule has 2 atom stereocenters. The molecule has 0 saturated carbocycles. The Balaban J connectivity index is 1.25. The van der Waals surface area contributed by atoms with E-state index in [4.69, 9.17) is 0 Å². The van der Waals surface area contributed by atoms with Gasteiger partial charge in [0.1, 0.15) is 0 Å². The third kappa shape index (κ3) is 5.73. The van der Waals surface area contributed by atoms with Crippen molar-refractivity contribution in [3.63, 3.8) is 0 Å². The van der Waals surface area contributed by atoms with Crippen LogP contribution in [0.3, 0.4) is 0 Å². The monoisotopic (exact) mass is 544 g/mol. The molecule has 6 rings (SSSR count). The van der Waals surface area contributed by atoms with Crippen LogP contribution in [0.2, 0.25) is 0 Å². The van der Waals surface area contributed by atoms with E-state index in [1.807, 2.05) is 37.3 Å². The first kappa shape index (κ1) is 26.4. The number of anilines is 1. The molecule has 0 radical (unpaired) electrons. The number of nitrogens with zero attached hydrogens (tertiary/aromatic N) is 4. The van der Waals surface area contributed by atoms with E-state index in [2.05, 4.69) is 93.5 Å². The summed E-state index contributed by atoms with van der Waals surface area (Å²) in [5.41, 5.74) is 9.76. The molecule has 8 nitrogen and oxygen atoms in total. The summed E-state index contributed by atoms with van der Waals surface area (Å²) in [6, 6.07) is 30.3. The van der Waals surface area contributed by atoms with Gasteiger partial charge in [-0.15, -0.1) is 10.2 Å². The van der Waals surface area contributed by atoms with Crippen LogP contribution in [-0.4, -0.2) is 31.8 Å². The van der Waals surface area contributed by atoms with Crippen LogP contribution in [0, 0.1) is 6.92 Å². The van der Waals surface area contributed by atoms with Gasteiger partial charge >= 0.3 is 6.03 Å². The third-order valence-corrected chi connectivity index (χ3v) is 7.72. The van der Waals surface area contributed by atoms with Crippen LogP contribution in [0.25, 0.3) is 11.1 Å². The number of amides is 2. The Morgan fingerprint density at radius 1 is 0.951 bits per heavy atom. The third-order valence-electron chi connectivity index (χ3n) is 7.72. The predicted molar refractivity (Wildman–Crippen MR) is 158 cm³/mol. The molecule has 2 unspecified atom stereocenters. The van der Waals surface area contributed by atoms with Crippen molar-refractivity contribution in [2.45, 2.75) is 45.4 Å². The van der Waals surface area contributed by atoms with E-state index in [-0.39, 0.29) is 18.5 Å². The first-order valence-corrected chi connectivity index (χ1v) is 13.8. The van der Waals surface area contributed by atoms with E-state index in [0.29, 0.717) is 12.4 Å². The second kappa shape index (κ2) is 11.3. The lowest BCUT2D eigenvalue weighted by Crippen LogP contribution is -2.40. The van der Waals surface area contributed by atoms with Crippen LogP contribution < -0.4 is 10.2 Å². The molecular weight excluding hydrogens is 512 g/mol. The van der Waals surface area contributed by atoms with E-state index >= 15 is 0 Å². The smallest absolute Gasteiger partial charge is 0.322 e. The number of carbonyl (C=O) groups excluding carboxylic acids is 1. The molecular formula is C33H32N6O2. The van der Waals surface area contributed by atoms with Gasteiger partial charge in [-0.3, -0.25) is 4.90 Å². The average molecular weight is 545 g/mol. The molecule has 0 bridgehead atoms. The number of urea groups is 1. The van der Waals surface area contributed by atoms with Gasteiger partial charge in [-0.2, -0.15) is 5.21 Å². The normalized spacial score (nSPS) is 13.2. The highest BCUT2D eigenvalue weighted by atomic mass is 16.3. The van der Waals surface area contributed by atoms with Crippen molar-refractivity contribution in [1.29, 1.82) is 0 Å². The fraction of sp³-hybridized carbons (Fsp3) is 0.212. The number of H-pyrrole nitrogens is 1. The fourth-order valence-electron chi connectivity index (χ4n) is 5.37. The van der Waals surface area contributed by atoms with Gasteiger partial charge < -0.3 is 10.4 Å². The zero-order valence-electron chi connectivity index (χ0n) is 23.1. The van der Waals surface area contributed by atoms with E-state index in [1.165, 1.54) is 27.8 Å². The Kier molecular flexibility index (Phi) is 7.31. The highest BCUT2D eigenvalue weighted by Crippen LogP contribution is 2.38. The number of aliphatic hydroxyl groups is 1. The average Bonchev–Trinajstić information content (AvgIpc) is 3.63. The summed E-state index contributed by atoms with van der Waals surface area (Å²) in [6.45, 7) is 4.43. The zero-order chi connectivity index (χ0) is 28.3. The van der Waals surface area contributed by atoms with E-state index in [0.717, 1.165) is 28.8 Å². The lowest BCUT2D eigenvalue weighted by atomic mass is 10.0. The molecule has 41 heavy (non-hydrogen) atoms. The number of fused-ring (bicyclic) bond motifs is 3. The van der Waals surface area contributed by atoms with Crippen molar-refractivity contribution < 1.29 is 9.90 Å². The molecule has 0 aliphatic heterocycles. The van der Waals surface area contributed by atoms with Crippen molar-refractivity contribution in [2.24, 2.45) is 0 Å². The van der Waals surface area contributed by atoms with Crippen LogP contribution in [-0.2, 0) is 19.4 Å². The summed E-state index contributed by atoms with van der Waals surface area (Å²) in [7, 11) is 0. The number of aryl methyl sites for hydroxylation is 1. The van der Waals surface area contributed by atoms with Crippen molar-refractivity contribution in [3.8, 4) is 11.1 Å². The van der Waals surface area contributed by atoms with Crippen molar-refractivity contribution in [3.05, 3.63) is 130 Å². The molecule has 1 aromatic heterocycles. The van der Waals surface area contributed by atoms with Crippen LogP contribution in [0.5, 0.6) is 0 Å². The summed E-state index contributed by atoms with van der Waals surface area (Å²) >= 11 is 0. The fourth-order valence-corrected chi connectivity index (χ4v) is 5.37. The molecule has 2 amide bonds. The zero-order valence-corrected chi connectivity index (χ0v) is 23.1. The Bertz CT molecular complexity index is 1650. The van der Waals surface area contributed by atoms with Crippen LogP contribution in [0.4, 0.5) is 10.5 Å². The molecule has 1 aliphatic carbocycles. The van der Waals surface area contributed by atoms with Gasteiger partial charge in [-0.05, 0) is 71.3 Å². The number of aliphatic hydroxyl groups excluding tert-OH is 1. The number of hydrogen-bond donors (Lipinski definition) is 3. The molecule has 0 spiro atoms. The maximum atomic E-state index is 13.8. The second-order valence-electron chi connectivity index (χ2n) is 10.6. The number of benzene rings is 4. The second-order valence-corrected chi connectivity index (χ2v) is 10.6. The summed E-state index contributed by atoms with van der Waals surface area (Å²) < 4.78 is 0. The van der Waals surface area contributed by atoms with E-state index in [1.54, 1.807) is 4.90 Å². The van der Waals surface area contributed by atoms with Gasteiger partial charge in [0.05, 0.1) is 18.7 Å².